The van der Waals surface area contributed by atoms with Crippen LogP contribution in [-0.2, 0) is 33.9 Å². The fourth-order valence-electron chi connectivity index (χ4n) is 1.93. The Morgan fingerprint density at radius 2 is 1.96 bits per heavy atom. The first-order valence-corrected chi connectivity index (χ1v) is 9.60. The Kier molecular flexibility index (Phi) is 8.32. The summed E-state index contributed by atoms with van der Waals surface area (Å²) in [7, 11) is 1.25. The lowest BCUT2D eigenvalue weighted by molar-refractivity contribution is -0.208. The zero-order chi connectivity index (χ0) is 18.9. The Morgan fingerprint density at radius 3 is 2.58 bits per heavy atom. The molecule has 2 amide bonds. The van der Waals surface area contributed by atoms with Crippen molar-refractivity contribution in [1.82, 2.24) is 4.31 Å². The Labute approximate surface area is 158 Å². The highest BCUT2D eigenvalue weighted by Gasteiger charge is 2.26. The second-order valence-electron chi connectivity index (χ2n) is 5.35. The topological polar surface area (TPSA) is 117 Å². The van der Waals surface area contributed by atoms with Crippen molar-refractivity contribution < 1.29 is 31.6 Å². The molecule has 144 valence electrons. The minimum atomic E-state index is -2.04. The van der Waals surface area contributed by atoms with E-state index in [0.29, 0.717) is 25.3 Å². The van der Waals surface area contributed by atoms with Crippen molar-refractivity contribution >= 4 is 35.3 Å². The maximum Gasteiger partial charge on any atom is 0.435 e. The van der Waals surface area contributed by atoms with Crippen LogP contribution in [-0.4, -0.2) is 53.1 Å². The number of hydrogen-bond donors (Lipinski definition) is 1. The molecule has 1 aromatic carbocycles. The van der Waals surface area contributed by atoms with Gasteiger partial charge in [0.15, 0.2) is 6.29 Å². The van der Waals surface area contributed by atoms with Crippen LogP contribution >= 0.6 is 12.0 Å². The van der Waals surface area contributed by atoms with E-state index < -0.39 is 29.6 Å². The average Bonchev–Trinajstić information content (AvgIpc) is 2.66. The van der Waals surface area contributed by atoms with E-state index in [4.69, 9.17) is 19.4 Å². The highest BCUT2D eigenvalue weighted by atomic mass is 32.2. The number of carbonyl (C=O) groups excluding carboxylic acids is 2. The molecular formula is C15H20N2O7S2. The van der Waals surface area contributed by atoms with E-state index in [1.54, 1.807) is 0 Å². The van der Waals surface area contributed by atoms with Crippen LogP contribution in [0.2, 0.25) is 0 Å². The van der Waals surface area contributed by atoms with E-state index in [2.05, 4.69) is 4.18 Å². The zero-order valence-electron chi connectivity index (χ0n) is 14.1. The zero-order valence-corrected chi connectivity index (χ0v) is 15.7. The molecule has 1 aliphatic rings. The van der Waals surface area contributed by atoms with Gasteiger partial charge in [0.2, 0.25) is 5.91 Å². The molecule has 1 atom stereocenters. The van der Waals surface area contributed by atoms with Crippen molar-refractivity contribution in [3.63, 3.8) is 0 Å². The summed E-state index contributed by atoms with van der Waals surface area (Å²) in [5.74, 6) is -0.937. The molecule has 9 nitrogen and oxygen atoms in total. The van der Waals surface area contributed by atoms with Crippen molar-refractivity contribution in [2.24, 2.45) is 11.7 Å². The van der Waals surface area contributed by atoms with E-state index in [1.807, 2.05) is 30.3 Å². The molecule has 11 heteroatoms. The van der Waals surface area contributed by atoms with Gasteiger partial charge in [0.05, 0.1) is 31.9 Å². The first-order chi connectivity index (χ1) is 12.5. The third kappa shape index (κ3) is 6.57. The number of hydrogen-bond acceptors (Lipinski definition) is 8. The monoisotopic (exact) mass is 404 g/mol. The maximum atomic E-state index is 11.9. The molecule has 0 aliphatic carbocycles. The number of nitrogens with two attached hydrogens (primary N) is 1. The summed E-state index contributed by atoms with van der Waals surface area (Å²) in [5.41, 5.74) is 5.84. The third-order valence-corrected chi connectivity index (χ3v) is 4.85. The Hall–Kier alpha value is -1.66. The standard InChI is InChI=1S/C15H20N2O7S2/c1-17(15(19)24-25-10-13(16)18)26(20)23-9-11-7-21-14(22-8-11)12-5-3-2-4-6-12/h2-6,11,14H,7-10H2,1H3,(H2,16,18). The molecule has 2 N–H and O–H groups in total. The van der Waals surface area contributed by atoms with Crippen molar-refractivity contribution in [1.29, 1.82) is 0 Å². The minimum Gasteiger partial charge on any atom is -0.374 e. The maximum absolute atomic E-state index is 11.9. The normalized spacial score (nSPS) is 21.0. The highest BCUT2D eigenvalue weighted by molar-refractivity contribution is 7.95. The highest BCUT2D eigenvalue weighted by Crippen LogP contribution is 2.25. The summed E-state index contributed by atoms with van der Waals surface area (Å²) in [6.07, 6.45) is -1.34. The van der Waals surface area contributed by atoms with Crippen molar-refractivity contribution in [2.75, 3.05) is 32.6 Å². The first-order valence-electron chi connectivity index (χ1n) is 7.66. The number of primary amides is 1. The molecule has 1 heterocycles. The number of rotatable bonds is 8. The van der Waals surface area contributed by atoms with Crippen LogP contribution in [0.3, 0.4) is 0 Å². The molecule has 0 radical (unpaired) electrons. The molecule has 0 saturated carbocycles. The van der Waals surface area contributed by atoms with Gasteiger partial charge in [0.1, 0.15) is 5.75 Å². The Balaban J connectivity index is 1.68. The van der Waals surface area contributed by atoms with Gasteiger partial charge in [0, 0.05) is 18.5 Å². The van der Waals surface area contributed by atoms with Crippen LogP contribution in [0.15, 0.2) is 30.3 Å². The summed E-state index contributed by atoms with van der Waals surface area (Å²) in [4.78, 5) is 22.2. The molecule has 1 saturated heterocycles. The fraction of sp³-hybridized carbons (Fsp3) is 0.467. The lowest BCUT2D eigenvalue weighted by atomic mass is 10.1. The molecule has 26 heavy (non-hydrogen) atoms. The van der Waals surface area contributed by atoms with Gasteiger partial charge in [-0.15, -0.1) is 0 Å². The summed E-state index contributed by atoms with van der Waals surface area (Å²) in [5, 5.41) is 0. The van der Waals surface area contributed by atoms with E-state index in [9.17, 15) is 13.8 Å². The van der Waals surface area contributed by atoms with E-state index in [-0.39, 0.29) is 18.3 Å². The number of ether oxygens (including phenoxy) is 2. The van der Waals surface area contributed by atoms with Gasteiger partial charge < -0.3 is 19.4 Å². The van der Waals surface area contributed by atoms with Gasteiger partial charge in [-0.25, -0.2) is 13.3 Å². The number of nitrogens with zero attached hydrogens (tertiary/aromatic N) is 1. The van der Waals surface area contributed by atoms with Gasteiger partial charge in [-0.3, -0.25) is 8.98 Å². The fourth-order valence-corrected chi connectivity index (χ4v) is 2.99. The number of benzene rings is 1. The van der Waals surface area contributed by atoms with Crippen LogP contribution in [0.5, 0.6) is 0 Å². The quantitative estimate of drug-likeness (QED) is 0.641. The van der Waals surface area contributed by atoms with E-state index in [1.165, 1.54) is 7.05 Å². The van der Waals surface area contributed by atoms with Gasteiger partial charge in [-0.05, 0) is 0 Å². The predicted molar refractivity (Wildman–Crippen MR) is 94.6 cm³/mol. The van der Waals surface area contributed by atoms with E-state index >= 15 is 0 Å². The van der Waals surface area contributed by atoms with Gasteiger partial charge in [-0.2, -0.15) is 0 Å². The van der Waals surface area contributed by atoms with Crippen molar-refractivity contribution in [3.05, 3.63) is 35.9 Å². The molecule has 1 unspecified atom stereocenters. The third-order valence-electron chi connectivity index (χ3n) is 3.26. The van der Waals surface area contributed by atoms with Gasteiger partial charge >= 0.3 is 6.09 Å². The van der Waals surface area contributed by atoms with Crippen LogP contribution < -0.4 is 5.73 Å². The Bertz CT molecular complexity index is 624. The SMILES string of the molecule is CN(C(=O)OSCC(N)=O)S(=O)OCC1COC(c2ccccc2)OC1. The van der Waals surface area contributed by atoms with E-state index in [0.717, 1.165) is 9.87 Å². The molecule has 1 aliphatic heterocycles. The summed E-state index contributed by atoms with van der Waals surface area (Å²) in [6.45, 7) is 0.832. The average molecular weight is 404 g/mol. The number of amides is 2. The Morgan fingerprint density at radius 1 is 1.31 bits per heavy atom. The number of carbonyl (C=O) groups is 2. The van der Waals surface area contributed by atoms with Crippen molar-refractivity contribution in [3.8, 4) is 0 Å². The van der Waals surface area contributed by atoms with Crippen LogP contribution in [0.4, 0.5) is 4.79 Å². The van der Waals surface area contributed by atoms with Gasteiger partial charge in [0.25, 0.3) is 11.3 Å². The molecule has 2 rings (SSSR count). The smallest absolute Gasteiger partial charge is 0.374 e. The molecule has 0 aromatic heterocycles. The molecule has 0 spiro atoms. The second kappa shape index (κ2) is 10.5. The molecular weight excluding hydrogens is 384 g/mol. The summed E-state index contributed by atoms with van der Waals surface area (Å²) >= 11 is -1.47. The minimum absolute atomic E-state index is 0.0835. The molecule has 1 fully saturated rings. The van der Waals surface area contributed by atoms with Crippen LogP contribution in [0.25, 0.3) is 0 Å². The van der Waals surface area contributed by atoms with Crippen LogP contribution in [0, 0.1) is 5.92 Å². The summed E-state index contributed by atoms with van der Waals surface area (Å²) < 4.78 is 33.8. The second-order valence-corrected chi connectivity index (χ2v) is 7.26. The molecule has 1 aromatic rings. The summed E-state index contributed by atoms with van der Waals surface area (Å²) in [6, 6.07) is 9.53. The van der Waals surface area contributed by atoms with Crippen LogP contribution in [0.1, 0.15) is 11.9 Å². The lowest BCUT2D eigenvalue weighted by Gasteiger charge is -2.29. The largest absolute Gasteiger partial charge is 0.435 e. The molecule has 0 bridgehead atoms. The lowest BCUT2D eigenvalue weighted by Crippen LogP contribution is -2.34. The first kappa shape index (κ1) is 20.6. The van der Waals surface area contributed by atoms with Crippen molar-refractivity contribution in [2.45, 2.75) is 6.29 Å². The predicted octanol–water partition coefficient (Wildman–Crippen LogP) is 1.15. The van der Waals surface area contributed by atoms with Gasteiger partial charge in [-0.1, -0.05) is 30.3 Å².